The van der Waals surface area contributed by atoms with Crippen molar-refractivity contribution in [2.24, 2.45) is 5.73 Å². The van der Waals surface area contributed by atoms with E-state index in [4.69, 9.17) is 16.6 Å². The lowest BCUT2D eigenvalue weighted by atomic mass is 10.1. The summed E-state index contributed by atoms with van der Waals surface area (Å²) in [6, 6.07) is 8.67. The Bertz CT molecular complexity index is 429. The van der Waals surface area contributed by atoms with Crippen molar-refractivity contribution in [3.8, 4) is 0 Å². The minimum atomic E-state index is -0.225. The Kier molecular flexibility index (Phi) is 6.21. The van der Waals surface area contributed by atoms with Gasteiger partial charge in [-0.25, -0.2) is 0 Å². The van der Waals surface area contributed by atoms with Gasteiger partial charge >= 0.3 is 0 Å². The number of benzene rings is 1. The molecule has 6 N–H and O–H groups in total. The van der Waals surface area contributed by atoms with Crippen molar-refractivity contribution < 1.29 is 0 Å². The van der Waals surface area contributed by atoms with Crippen LogP contribution < -0.4 is 16.4 Å². The van der Waals surface area contributed by atoms with Crippen LogP contribution in [0.3, 0.4) is 0 Å². The van der Waals surface area contributed by atoms with E-state index in [-0.39, 0.29) is 18.0 Å². The highest BCUT2D eigenvalue weighted by Crippen LogP contribution is 2.15. The van der Waals surface area contributed by atoms with Crippen LogP contribution in [0.25, 0.3) is 0 Å². The van der Waals surface area contributed by atoms with Gasteiger partial charge in [-0.15, -0.1) is 11.8 Å². The fraction of sp³-hybridized carbons (Fsp3) is 0.385. The zero-order valence-electron chi connectivity index (χ0n) is 11.3. The predicted molar refractivity (Wildman–Crippen MR) is 81.9 cm³/mol. The first-order valence-electron chi connectivity index (χ1n) is 6.10. The van der Waals surface area contributed by atoms with E-state index in [2.05, 4.69) is 41.2 Å². The Balaban J connectivity index is 2.34. The molecular formula is C13H21N5S. The number of hydrogen-bond acceptors (Lipinski definition) is 3. The van der Waals surface area contributed by atoms with Gasteiger partial charge in [-0.05, 0) is 43.7 Å². The number of aryl methyl sites for hydroxylation is 1. The lowest BCUT2D eigenvalue weighted by Crippen LogP contribution is -2.46. The number of hydrogen-bond donors (Lipinski definition) is 5. The molecule has 0 saturated heterocycles. The molecule has 0 saturated carbocycles. The predicted octanol–water partition coefficient (Wildman–Crippen LogP) is 1.74. The molecule has 0 aromatic heterocycles. The molecule has 0 aliphatic carbocycles. The van der Waals surface area contributed by atoms with Crippen LogP contribution in [-0.4, -0.2) is 24.2 Å². The maximum Gasteiger partial charge on any atom is 0.195 e. The molecule has 0 bridgehead atoms. The molecule has 1 unspecified atom stereocenters. The van der Waals surface area contributed by atoms with E-state index in [1.807, 2.05) is 6.92 Å². The summed E-state index contributed by atoms with van der Waals surface area (Å²) >= 11 is 1.74. The lowest BCUT2D eigenvalue weighted by molar-refractivity contribution is 0.599. The summed E-state index contributed by atoms with van der Waals surface area (Å²) in [5.74, 6) is -0.157. The maximum absolute atomic E-state index is 7.54. The van der Waals surface area contributed by atoms with Crippen LogP contribution in [0.5, 0.6) is 0 Å². The summed E-state index contributed by atoms with van der Waals surface area (Å²) in [7, 11) is 0. The average molecular weight is 279 g/mol. The highest BCUT2D eigenvalue weighted by Gasteiger charge is 2.05. The molecule has 1 aromatic rings. The second-order valence-electron chi connectivity index (χ2n) is 4.35. The van der Waals surface area contributed by atoms with Gasteiger partial charge in [0, 0.05) is 10.9 Å². The molecule has 0 fully saturated rings. The summed E-state index contributed by atoms with van der Waals surface area (Å²) in [6.45, 7) is 2.01. The molecule has 1 atom stereocenters. The van der Waals surface area contributed by atoms with Gasteiger partial charge in [0.05, 0.1) is 0 Å². The van der Waals surface area contributed by atoms with Gasteiger partial charge in [0.15, 0.2) is 11.9 Å². The third-order valence-corrected chi connectivity index (χ3v) is 3.42. The van der Waals surface area contributed by atoms with Crippen LogP contribution in [0.1, 0.15) is 18.9 Å². The summed E-state index contributed by atoms with van der Waals surface area (Å²) in [4.78, 5) is 1.27. The minimum absolute atomic E-state index is 0.0673. The Morgan fingerprint density at radius 3 is 2.47 bits per heavy atom. The van der Waals surface area contributed by atoms with Gasteiger partial charge in [-0.2, -0.15) is 0 Å². The highest BCUT2D eigenvalue weighted by atomic mass is 32.2. The van der Waals surface area contributed by atoms with E-state index in [0.717, 1.165) is 12.8 Å². The fourth-order valence-electron chi connectivity index (χ4n) is 1.66. The van der Waals surface area contributed by atoms with E-state index in [0.29, 0.717) is 0 Å². The van der Waals surface area contributed by atoms with Gasteiger partial charge in [-0.1, -0.05) is 12.1 Å². The molecule has 0 aliphatic heterocycles. The van der Waals surface area contributed by atoms with Crippen LogP contribution in [0.2, 0.25) is 0 Å². The van der Waals surface area contributed by atoms with E-state index in [9.17, 15) is 0 Å². The lowest BCUT2D eigenvalue weighted by Gasteiger charge is -2.16. The first kappa shape index (κ1) is 15.4. The van der Waals surface area contributed by atoms with E-state index in [1.54, 1.807) is 11.8 Å². The first-order valence-corrected chi connectivity index (χ1v) is 7.32. The second-order valence-corrected chi connectivity index (χ2v) is 5.23. The third-order valence-electron chi connectivity index (χ3n) is 2.68. The van der Waals surface area contributed by atoms with Gasteiger partial charge in [-0.3, -0.25) is 16.1 Å². The Hall–Kier alpha value is -1.69. The molecule has 6 heteroatoms. The SMILES string of the molecule is CSc1ccc(CCC(C)NC(=N)NC(=N)N)cc1. The van der Waals surface area contributed by atoms with Crippen LogP contribution in [0.4, 0.5) is 0 Å². The molecule has 0 radical (unpaired) electrons. The summed E-state index contributed by atoms with van der Waals surface area (Å²) in [6.07, 6.45) is 3.94. The average Bonchev–Trinajstić information content (AvgIpc) is 2.36. The molecule has 0 heterocycles. The van der Waals surface area contributed by atoms with Crippen molar-refractivity contribution in [1.29, 1.82) is 10.8 Å². The maximum atomic E-state index is 7.54. The fourth-order valence-corrected chi connectivity index (χ4v) is 2.07. The molecule has 1 rings (SSSR count). The molecule has 0 aliphatic rings. The van der Waals surface area contributed by atoms with Crippen molar-refractivity contribution in [2.45, 2.75) is 30.7 Å². The summed E-state index contributed by atoms with van der Waals surface area (Å²) in [5, 5.41) is 19.9. The molecule has 104 valence electrons. The van der Waals surface area contributed by atoms with Crippen LogP contribution in [0.15, 0.2) is 29.2 Å². The topological polar surface area (TPSA) is 97.8 Å². The largest absolute Gasteiger partial charge is 0.370 e. The van der Waals surface area contributed by atoms with Crippen LogP contribution in [-0.2, 0) is 6.42 Å². The Morgan fingerprint density at radius 1 is 1.32 bits per heavy atom. The van der Waals surface area contributed by atoms with Gasteiger partial charge in [0.2, 0.25) is 0 Å². The van der Waals surface area contributed by atoms with Crippen LogP contribution in [0, 0.1) is 10.8 Å². The highest BCUT2D eigenvalue weighted by molar-refractivity contribution is 7.98. The monoisotopic (exact) mass is 279 g/mol. The third kappa shape index (κ3) is 6.15. The molecular weight excluding hydrogens is 258 g/mol. The number of rotatable bonds is 5. The Morgan fingerprint density at radius 2 is 1.95 bits per heavy atom. The Labute approximate surface area is 118 Å². The standard InChI is InChI=1S/C13H21N5S/c1-9(17-13(16)18-12(14)15)3-4-10-5-7-11(19-2)8-6-10/h5-9H,3-4H2,1-2H3,(H6,14,15,16,17,18). The first-order chi connectivity index (χ1) is 9.01. The van der Waals surface area contributed by atoms with E-state index in [1.165, 1.54) is 10.5 Å². The van der Waals surface area contributed by atoms with Crippen molar-refractivity contribution in [3.63, 3.8) is 0 Å². The molecule has 0 amide bonds. The molecule has 19 heavy (non-hydrogen) atoms. The van der Waals surface area contributed by atoms with E-state index >= 15 is 0 Å². The van der Waals surface area contributed by atoms with Crippen molar-refractivity contribution in [1.82, 2.24) is 10.6 Å². The second kappa shape index (κ2) is 7.68. The zero-order chi connectivity index (χ0) is 14.3. The number of nitrogens with two attached hydrogens (primary N) is 1. The van der Waals surface area contributed by atoms with Gasteiger partial charge < -0.3 is 11.1 Å². The normalized spacial score (nSPS) is 11.7. The van der Waals surface area contributed by atoms with Crippen molar-refractivity contribution in [3.05, 3.63) is 29.8 Å². The molecule has 1 aromatic carbocycles. The minimum Gasteiger partial charge on any atom is -0.370 e. The number of thioether (sulfide) groups is 1. The summed E-state index contributed by atoms with van der Waals surface area (Å²) in [5.41, 5.74) is 6.44. The zero-order valence-corrected chi connectivity index (χ0v) is 12.1. The van der Waals surface area contributed by atoms with Gasteiger partial charge in [0.25, 0.3) is 0 Å². The number of nitrogens with one attached hydrogen (secondary N) is 4. The van der Waals surface area contributed by atoms with Crippen molar-refractivity contribution in [2.75, 3.05) is 6.26 Å². The summed E-state index contributed by atoms with van der Waals surface area (Å²) < 4.78 is 0. The van der Waals surface area contributed by atoms with E-state index < -0.39 is 0 Å². The van der Waals surface area contributed by atoms with Crippen molar-refractivity contribution >= 4 is 23.7 Å². The van der Waals surface area contributed by atoms with Crippen LogP contribution >= 0.6 is 11.8 Å². The van der Waals surface area contributed by atoms with Gasteiger partial charge in [0.1, 0.15) is 0 Å². The quantitative estimate of drug-likeness (QED) is 0.322. The number of guanidine groups is 2. The smallest absolute Gasteiger partial charge is 0.195 e. The molecule has 5 nitrogen and oxygen atoms in total. The molecule has 0 spiro atoms.